The molecule has 11 heteroatoms. The maximum absolute atomic E-state index is 10.9. The second-order valence-corrected chi connectivity index (χ2v) is 4.85. The van der Waals surface area contributed by atoms with E-state index >= 15 is 0 Å². The minimum atomic E-state index is -0.406. The van der Waals surface area contributed by atoms with Crippen LogP contribution in [0.25, 0.3) is 0 Å². The monoisotopic (exact) mass is 460 g/mol. The van der Waals surface area contributed by atoms with Crippen LogP contribution >= 0.6 is 24.0 Å². The molecule has 0 aliphatic carbocycles. The van der Waals surface area contributed by atoms with Crippen molar-refractivity contribution in [2.75, 3.05) is 25.5 Å². The van der Waals surface area contributed by atoms with Gasteiger partial charge in [-0.25, -0.2) is 4.98 Å². The van der Waals surface area contributed by atoms with Crippen LogP contribution in [0.3, 0.4) is 0 Å². The molecule has 1 aromatic heterocycles. The molecule has 2 rings (SSSR count). The second kappa shape index (κ2) is 10.4. The number of hydrogen-bond acceptors (Lipinski definition) is 6. The van der Waals surface area contributed by atoms with Crippen molar-refractivity contribution >= 4 is 41.3 Å². The Morgan fingerprint density at radius 3 is 2.72 bits per heavy atom. The van der Waals surface area contributed by atoms with E-state index in [1.807, 2.05) is 7.05 Å². The molecule has 0 amide bonds. The van der Waals surface area contributed by atoms with E-state index in [0.29, 0.717) is 31.3 Å². The second-order valence-electron chi connectivity index (χ2n) is 4.85. The molecule has 0 atom stereocenters. The SMILES string of the molecule is CN=C(NCCNc1ccccc1[N+](=O)[O-])NCc1ncnn1C.I. The van der Waals surface area contributed by atoms with Crippen LogP contribution in [-0.4, -0.2) is 45.8 Å². The number of nitrogens with one attached hydrogen (secondary N) is 3. The van der Waals surface area contributed by atoms with E-state index in [4.69, 9.17) is 0 Å². The predicted molar refractivity (Wildman–Crippen MR) is 106 cm³/mol. The highest BCUT2D eigenvalue weighted by Crippen LogP contribution is 2.22. The Hall–Kier alpha value is -2.44. The Bertz CT molecular complexity index is 718. The Kier molecular flexibility index (Phi) is 8.60. The van der Waals surface area contributed by atoms with Crippen LogP contribution in [0.15, 0.2) is 35.6 Å². The summed E-state index contributed by atoms with van der Waals surface area (Å²) in [4.78, 5) is 18.8. The molecule has 2 aromatic rings. The summed E-state index contributed by atoms with van der Waals surface area (Å²) in [5, 5.41) is 24.2. The van der Waals surface area contributed by atoms with Gasteiger partial charge in [0.2, 0.25) is 0 Å². The number of halogens is 1. The molecule has 0 spiro atoms. The van der Waals surface area contributed by atoms with Gasteiger partial charge in [0.1, 0.15) is 17.8 Å². The van der Waals surface area contributed by atoms with E-state index in [2.05, 4.69) is 31.0 Å². The van der Waals surface area contributed by atoms with E-state index in [-0.39, 0.29) is 29.7 Å². The third-order valence-electron chi connectivity index (χ3n) is 3.28. The van der Waals surface area contributed by atoms with Gasteiger partial charge in [-0.1, -0.05) is 12.1 Å². The van der Waals surface area contributed by atoms with Gasteiger partial charge in [-0.05, 0) is 6.07 Å². The third kappa shape index (κ3) is 6.17. The van der Waals surface area contributed by atoms with Crippen LogP contribution in [0.1, 0.15) is 5.82 Å². The van der Waals surface area contributed by atoms with Gasteiger partial charge < -0.3 is 16.0 Å². The Balaban J connectivity index is 0.00000312. The van der Waals surface area contributed by atoms with E-state index < -0.39 is 4.92 Å². The lowest BCUT2D eigenvalue weighted by atomic mass is 10.2. The lowest BCUT2D eigenvalue weighted by molar-refractivity contribution is -0.384. The Morgan fingerprint density at radius 2 is 2.08 bits per heavy atom. The first-order valence-corrected chi connectivity index (χ1v) is 7.36. The van der Waals surface area contributed by atoms with Crippen LogP contribution in [0.5, 0.6) is 0 Å². The zero-order valence-corrected chi connectivity index (χ0v) is 16.3. The number of nitro groups is 1. The summed E-state index contributed by atoms with van der Waals surface area (Å²) in [6, 6.07) is 6.54. The topological polar surface area (TPSA) is 122 Å². The summed E-state index contributed by atoms with van der Waals surface area (Å²) in [5.74, 6) is 1.40. The van der Waals surface area contributed by atoms with Crippen molar-refractivity contribution in [1.29, 1.82) is 0 Å². The number of aliphatic imine (C=N–C) groups is 1. The smallest absolute Gasteiger partial charge is 0.292 e. The molecule has 0 aliphatic heterocycles. The molecule has 1 heterocycles. The van der Waals surface area contributed by atoms with E-state index in [1.165, 1.54) is 12.4 Å². The standard InChI is InChI=1S/C14H20N8O2.HI/c1-15-14(18-9-13-19-10-20-21(13)2)17-8-7-16-11-5-3-4-6-12(11)22(23)24;/h3-6,10,16H,7-9H2,1-2H3,(H2,15,17,18);1H. The molecule has 0 fully saturated rings. The molecule has 0 radical (unpaired) electrons. The Morgan fingerprint density at radius 1 is 1.32 bits per heavy atom. The third-order valence-corrected chi connectivity index (χ3v) is 3.28. The fourth-order valence-electron chi connectivity index (χ4n) is 2.02. The summed E-state index contributed by atoms with van der Waals surface area (Å²) >= 11 is 0. The van der Waals surface area contributed by atoms with Crippen molar-refractivity contribution < 1.29 is 4.92 Å². The highest BCUT2D eigenvalue weighted by Gasteiger charge is 2.11. The van der Waals surface area contributed by atoms with Gasteiger partial charge in [-0.2, -0.15) is 5.10 Å². The van der Waals surface area contributed by atoms with Crippen molar-refractivity contribution in [3.8, 4) is 0 Å². The minimum Gasteiger partial charge on any atom is -0.378 e. The van der Waals surface area contributed by atoms with Gasteiger partial charge in [0.25, 0.3) is 5.69 Å². The van der Waals surface area contributed by atoms with Gasteiger partial charge in [0.15, 0.2) is 5.96 Å². The number of hydrogen-bond donors (Lipinski definition) is 3. The zero-order chi connectivity index (χ0) is 17.4. The molecule has 0 bridgehead atoms. The summed E-state index contributed by atoms with van der Waals surface area (Å²) in [6.07, 6.45) is 1.49. The average Bonchev–Trinajstić information content (AvgIpc) is 2.99. The lowest BCUT2D eigenvalue weighted by Crippen LogP contribution is -2.39. The highest BCUT2D eigenvalue weighted by molar-refractivity contribution is 14.0. The number of para-hydroxylation sites is 2. The average molecular weight is 460 g/mol. The molecule has 0 unspecified atom stereocenters. The number of anilines is 1. The van der Waals surface area contributed by atoms with Crippen molar-refractivity contribution in [1.82, 2.24) is 25.4 Å². The normalized spacial score (nSPS) is 10.7. The number of nitro benzene ring substituents is 1. The first kappa shape index (κ1) is 20.6. The first-order chi connectivity index (χ1) is 11.6. The molecular formula is C14H21IN8O2. The van der Waals surface area contributed by atoms with Crippen LogP contribution in [0, 0.1) is 10.1 Å². The zero-order valence-electron chi connectivity index (χ0n) is 14.0. The Labute approximate surface area is 162 Å². The van der Waals surface area contributed by atoms with Gasteiger partial charge in [-0.15, -0.1) is 24.0 Å². The number of aromatic nitrogens is 3. The maximum atomic E-state index is 10.9. The van der Waals surface area contributed by atoms with Gasteiger partial charge >= 0.3 is 0 Å². The molecule has 1 aromatic carbocycles. The van der Waals surface area contributed by atoms with Gasteiger partial charge in [-0.3, -0.25) is 19.8 Å². The largest absolute Gasteiger partial charge is 0.378 e. The molecule has 3 N–H and O–H groups in total. The molecular weight excluding hydrogens is 439 g/mol. The summed E-state index contributed by atoms with van der Waals surface area (Å²) in [7, 11) is 3.48. The van der Waals surface area contributed by atoms with Crippen LogP contribution in [0.2, 0.25) is 0 Å². The molecule has 136 valence electrons. The van der Waals surface area contributed by atoms with Gasteiger partial charge in [0.05, 0.1) is 11.5 Å². The molecule has 0 aliphatic rings. The van der Waals surface area contributed by atoms with Gasteiger partial charge in [0, 0.05) is 33.3 Å². The predicted octanol–water partition coefficient (Wildman–Crippen LogP) is 1.12. The number of aryl methyl sites for hydroxylation is 1. The van der Waals surface area contributed by atoms with Crippen molar-refractivity contribution in [2.45, 2.75) is 6.54 Å². The number of nitrogens with zero attached hydrogens (tertiary/aromatic N) is 5. The minimum absolute atomic E-state index is 0. The molecule has 25 heavy (non-hydrogen) atoms. The number of guanidine groups is 1. The lowest BCUT2D eigenvalue weighted by Gasteiger charge is -2.12. The molecule has 0 saturated carbocycles. The van der Waals surface area contributed by atoms with E-state index in [9.17, 15) is 10.1 Å². The van der Waals surface area contributed by atoms with Crippen LogP contribution in [0.4, 0.5) is 11.4 Å². The fourth-order valence-corrected chi connectivity index (χ4v) is 2.02. The first-order valence-electron chi connectivity index (χ1n) is 7.36. The van der Waals surface area contributed by atoms with Crippen molar-refractivity contribution in [3.63, 3.8) is 0 Å². The summed E-state index contributed by atoms with van der Waals surface area (Å²) < 4.78 is 1.68. The summed E-state index contributed by atoms with van der Waals surface area (Å²) in [6.45, 7) is 1.55. The maximum Gasteiger partial charge on any atom is 0.292 e. The van der Waals surface area contributed by atoms with Crippen LogP contribution in [-0.2, 0) is 13.6 Å². The quantitative estimate of drug-likeness (QED) is 0.141. The van der Waals surface area contributed by atoms with E-state index in [0.717, 1.165) is 5.82 Å². The summed E-state index contributed by atoms with van der Waals surface area (Å²) in [5.41, 5.74) is 0.550. The number of rotatable bonds is 7. The fraction of sp³-hybridized carbons (Fsp3) is 0.357. The van der Waals surface area contributed by atoms with Crippen LogP contribution < -0.4 is 16.0 Å². The van der Waals surface area contributed by atoms with Crippen molar-refractivity contribution in [2.24, 2.45) is 12.0 Å². The highest BCUT2D eigenvalue weighted by atomic mass is 127. The van der Waals surface area contributed by atoms with E-state index in [1.54, 1.807) is 29.9 Å². The van der Waals surface area contributed by atoms with Crippen molar-refractivity contribution in [3.05, 3.63) is 46.5 Å². The number of benzene rings is 1. The molecule has 0 saturated heterocycles. The molecule has 10 nitrogen and oxygen atoms in total.